The third-order valence-corrected chi connectivity index (χ3v) is 2.92. The van der Waals surface area contributed by atoms with E-state index in [4.69, 9.17) is 11.2 Å². The minimum Gasteiger partial charge on any atom is -0.389 e. The van der Waals surface area contributed by atoms with Crippen LogP contribution in [0.25, 0.3) is 0 Å². The van der Waals surface area contributed by atoms with E-state index in [9.17, 15) is 5.11 Å². The lowest BCUT2D eigenvalue weighted by atomic mass is 10.1. The first-order chi connectivity index (χ1) is 9.26. The summed E-state index contributed by atoms with van der Waals surface area (Å²) < 4.78 is 5.48. The molecule has 0 saturated carbocycles. The molecule has 0 amide bonds. The monoisotopic (exact) mass is 261 g/mol. The van der Waals surface area contributed by atoms with Crippen LogP contribution in [0.3, 0.4) is 0 Å². The maximum absolute atomic E-state index is 9.80. The molecule has 1 rings (SSSR count). The van der Waals surface area contributed by atoms with Crippen LogP contribution in [0.2, 0.25) is 0 Å². The summed E-state index contributed by atoms with van der Waals surface area (Å²) in [5.74, 6) is 2.63. The molecule has 0 saturated heterocycles. The van der Waals surface area contributed by atoms with Gasteiger partial charge in [-0.1, -0.05) is 37.3 Å². The molecule has 2 unspecified atom stereocenters. The van der Waals surface area contributed by atoms with Gasteiger partial charge >= 0.3 is 0 Å². The Labute approximate surface area is 116 Å². The van der Waals surface area contributed by atoms with Crippen LogP contribution in [-0.2, 0) is 11.3 Å². The van der Waals surface area contributed by atoms with E-state index in [0.717, 1.165) is 12.0 Å². The molecule has 0 heterocycles. The maximum atomic E-state index is 9.80. The molecule has 0 aliphatic rings. The van der Waals surface area contributed by atoms with Crippen LogP contribution in [0, 0.1) is 12.3 Å². The van der Waals surface area contributed by atoms with Gasteiger partial charge in [0.15, 0.2) is 0 Å². The second kappa shape index (κ2) is 9.57. The van der Waals surface area contributed by atoms with E-state index in [2.05, 4.69) is 18.2 Å². The fraction of sp³-hybridized carbons (Fsp3) is 0.500. The van der Waals surface area contributed by atoms with Crippen LogP contribution < -0.4 is 5.32 Å². The van der Waals surface area contributed by atoms with Gasteiger partial charge in [-0.2, -0.15) is 0 Å². The highest BCUT2D eigenvalue weighted by atomic mass is 16.5. The van der Waals surface area contributed by atoms with Gasteiger partial charge in [0.05, 0.1) is 19.3 Å². The normalized spacial score (nSPS) is 13.7. The molecule has 0 fully saturated rings. The molecule has 0 bridgehead atoms. The molecular formula is C16H23NO2. The summed E-state index contributed by atoms with van der Waals surface area (Å²) in [4.78, 5) is 0. The number of hydrogen-bond acceptors (Lipinski definition) is 3. The van der Waals surface area contributed by atoms with Gasteiger partial charge < -0.3 is 15.2 Å². The van der Waals surface area contributed by atoms with Gasteiger partial charge in [-0.3, -0.25) is 0 Å². The molecule has 0 spiro atoms. The van der Waals surface area contributed by atoms with Gasteiger partial charge in [0.2, 0.25) is 0 Å². The molecule has 0 aliphatic heterocycles. The number of nitrogens with one attached hydrogen (secondary N) is 1. The summed E-state index contributed by atoms with van der Waals surface area (Å²) in [5, 5.41) is 13.0. The van der Waals surface area contributed by atoms with Crippen LogP contribution in [0.15, 0.2) is 30.3 Å². The number of ether oxygens (including phenoxy) is 1. The number of aliphatic hydroxyl groups is 1. The zero-order valence-corrected chi connectivity index (χ0v) is 11.5. The van der Waals surface area contributed by atoms with Crippen LogP contribution in [0.4, 0.5) is 0 Å². The standard InChI is InChI=1S/C16H23NO2/c1-3-8-15(4-2)17-11-16(18)13-19-12-14-9-6-5-7-10-14/h1,5-7,9-10,15-18H,4,8,11-13H2,2H3. The second-order valence-corrected chi connectivity index (χ2v) is 4.58. The predicted molar refractivity (Wildman–Crippen MR) is 77.6 cm³/mol. The van der Waals surface area contributed by atoms with Crippen molar-refractivity contribution < 1.29 is 9.84 Å². The Morgan fingerprint density at radius 2 is 2.11 bits per heavy atom. The van der Waals surface area contributed by atoms with Crippen molar-refractivity contribution >= 4 is 0 Å². The fourth-order valence-electron chi connectivity index (χ4n) is 1.75. The number of benzene rings is 1. The zero-order chi connectivity index (χ0) is 13.9. The lowest BCUT2D eigenvalue weighted by Gasteiger charge is -2.17. The Morgan fingerprint density at radius 3 is 2.74 bits per heavy atom. The molecule has 1 aromatic carbocycles. The molecule has 19 heavy (non-hydrogen) atoms. The highest BCUT2D eigenvalue weighted by Gasteiger charge is 2.08. The minimum atomic E-state index is -0.504. The van der Waals surface area contributed by atoms with Crippen molar-refractivity contribution in [3.05, 3.63) is 35.9 Å². The van der Waals surface area contributed by atoms with E-state index in [1.807, 2.05) is 30.3 Å². The summed E-state index contributed by atoms with van der Waals surface area (Å²) in [6.45, 7) is 3.44. The molecule has 0 aromatic heterocycles. The first-order valence-corrected chi connectivity index (χ1v) is 6.72. The van der Waals surface area contributed by atoms with E-state index >= 15 is 0 Å². The fourth-order valence-corrected chi connectivity index (χ4v) is 1.75. The van der Waals surface area contributed by atoms with Crippen molar-refractivity contribution in [2.75, 3.05) is 13.2 Å². The highest BCUT2D eigenvalue weighted by Crippen LogP contribution is 2.01. The summed E-state index contributed by atoms with van der Waals surface area (Å²) >= 11 is 0. The molecule has 0 radical (unpaired) electrons. The predicted octanol–water partition coefficient (Wildman–Crippen LogP) is 1.96. The number of aliphatic hydroxyl groups excluding tert-OH is 1. The van der Waals surface area contributed by atoms with Crippen molar-refractivity contribution in [1.82, 2.24) is 5.32 Å². The Morgan fingerprint density at radius 1 is 1.37 bits per heavy atom. The average molecular weight is 261 g/mol. The first-order valence-electron chi connectivity index (χ1n) is 6.72. The molecule has 3 nitrogen and oxygen atoms in total. The number of hydrogen-bond donors (Lipinski definition) is 2. The van der Waals surface area contributed by atoms with Gasteiger partial charge in [0.25, 0.3) is 0 Å². The Balaban J connectivity index is 2.14. The van der Waals surface area contributed by atoms with E-state index in [0.29, 0.717) is 26.2 Å². The van der Waals surface area contributed by atoms with E-state index < -0.39 is 6.10 Å². The van der Waals surface area contributed by atoms with Crippen molar-refractivity contribution in [2.24, 2.45) is 0 Å². The van der Waals surface area contributed by atoms with E-state index in [-0.39, 0.29) is 6.04 Å². The van der Waals surface area contributed by atoms with Gasteiger partial charge in [0, 0.05) is 19.0 Å². The number of terminal acetylenes is 1. The summed E-state index contributed by atoms with van der Waals surface area (Å²) in [6.07, 6.45) is 6.42. The third kappa shape index (κ3) is 6.97. The summed E-state index contributed by atoms with van der Waals surface area (Å²) in [7, 11) is 0. The third-order valence-electron chi connectivity index (χ3n) is 2.92. The molecule has 104 valence electrons. The van der Waals surface area contributed by atoms with Crippen molar-refractivity contribution in [1.29, 1.82) is 0 Å². The number of rotatable bonds is 9. The molecule has 2 atom stereocenters. The van der Waals surface area contributed by atoms with Gasteiger partial charge in [0.1, 0.15) is 0 Å². The van der Waals surface area contributed by atoms with E-state index in [1.54, 1.807) is 0 Å². The summed E-state index contributed by atoms with van der Waals surface area (Å²) in [6, 6.07) is 10.2. The quantitative estimate of drug-likeness (QED) is 0.668. The van der Waals surface area contributed by atoms with Crippen molar-refractivity contribution in [3.8, 4) is 12.3 Å². The van der Waals surface area contributed by atoms with E-state index in [1.165, 1.54) is 0 Å². The van der Waals surface area contributed by atoms with Gasteiger partial charge in [-0.15, -0.1) is 12.3 Å². The Hall–Kier alpha value is -1.34. The van der Waals surface area contributed by atoms with Crippen LogP contribution in [0.1, 0.15) is 25.3 Å². The summed E-state index contributed by atoms with van der Waals surface area (Å²) in [5.41, 5.74) is 1.11. The van der Waals surface area contributed by atoms with Crippen LogP contribution >= 0.6 is 0 Å². The SMILES string of the molecule is C#CCC(CC)NCC(O)COCc1ccccc1. The second-order valence-electron chi connectivity index (χ2n) is 4.58. The molecule has 3 heteroatoms. The highest BCUT2D eigenvalue weighted by molar-refractivity contribution is 5.13. The lowest BCUT2D eigenvalue weighted by Crippen LogP contribution is -2.37. The average Bonchev–Trinajstić information content (AvgIpc) is 2.44. The Kier molecular flexibility index (Phi) is 7.92. The first kappa shape index (κ1) is 15.7. The van der Waals surface area contributed by atoms with Crippen LogP contribution in [-0.4, -0.2) is 30.4 Å². The van der Waals surface area contributed by atoms with Crippen molar-refractivity contribution in [2.45, 2.75) is 38.5 Å². The smallest absolute Gasteiger partial charge is 0.0897 e. The molecule has 0 aliphatic carbocycles. The van der Waals surface area contributed by atoms with Crippen molar-refractivity contribution in [3.63, 3.8) is 0 Å². The largest absolute Gasteiger partial charge is 0.389 e. The van der Waals surface area contributed by atoms with Gasteiger partial charge in [-0.05, 0) is 12.0 Å². The van der Waals surface area contributed by atoms with Gasteiger partial charge in [-0.25, -0.2) is 0 Å². The molecule has 2 N–H and O–H groups in total. The molecule has 1 aromatic rings. The molecular weight excluding hydrogens is 238 g/mol. The Bertz CT molecular complexity index is 372. The lowest BCUT2D eigenvalue weighted by molar-refractivity contribution is 0.0276. The minimum absolute atomic E-state index is 0.272. The maximum Gasteiger partial charge on any atom is 0.0897 e. The topological polar surface area (TPSA) is 41.5 Å². The van der Waals surface area contributed by atoms with Crippen LogP contribution in [0.5, 0.6) is 0 Å². The zero-order valence-electron chi connectivity index (χ0n) is 11.5.